The van der Waals surface area contributed by atoms with Gasteiger partial charge in [0.15, 0.2) is 0 Å². The Morgan fingerprint density at radius 3 is 2.08 bits per heavy atom. The lowest BCUT2D eigenvalue weighted by atomic mass is 9.82. The van der Waals surface area contributed by atoms with Crippen molar-refractivity contribution in [3.63, 3.8) is 0 Å². The van der Waals surface area contributed by atoms with Crippen molar-refractivity contribution in [2.45, 2.75) is 19.3 Å². The maximum atomic E-state index is 6.19. The molecule has 7 aromatic rings. The number of furan rings is 1. The van der Waals surface area contributed by atoms with Crippen LogP contribution in [0.2, 0.25) is 0 Å². The van der Waals surface area contributed by atoms with E-state index in [-0.39, 0.29) is 5.41 Å². The largest absolute Gasteiger partial charge is 0.456 e. The second-order valence-electron chi connectivity index (χ2n) is 11.0. The Kier molecular flexibility index (Phi) is 4.60. The highest BCUT2D eigenvalue weighted by molar-refractivity contribution is 6.16. The molecule has 0 bridgehead atoms. The summed E-state index contributed by atoms with van der Waals surface area (Å²) in [6.07, 6.45) is 0. The predicted octanol–water partition coefficient (Wildman–Crippen LogP) is 10.5. The van der Waals surface area contributed by atoms with Crippen molar-refractivity contribution in [2.75, 3.05) is 5.32 Å². The van der Waals surface area contributed by atoms with Crippen LogP contribution in [-0.2, 0) is 5.41 Å². The maximum absolute atomic E-state index is 6.19. The topological polar surface area (TPSA) is 25.2 Å². The normalized spacial score (nSPS) is 13.6. The van der Waals surface area contributed by atoms with Gasteiger partial charge in [0, 0.05) is 32.9 Å². The van der Waals surface area contributed by atoms with Crippen LogP contribution in [0.5, 0.6) is 0 Å². The SMILES string of the molecule is CC1(C)c2ccccc2-c2ccc(Nc3ccc(-c4cccc5oc6ccccc6c45)c4ccccc34)cc21. The molecular formula is C37H27NO. The lowest BCUT2D eigenvalue weighted by molar-refractivity contribution is 0.660. The van der Waals surface area contributed by atoms with E-state index in [1.54, 1.807) is 0 Å². The highest BCUT2D eigenvalue weighted by atomic mass is 16.3. The van der Waals surface area contributed by atoms with Crippen molar-refractivity contribution in [3.8, 4) is 22.3 Å². The molecule has 186 valence electrons. The molecule has 0 aliphatic heterocycles. The van der Waals surface area contributed by atoms with Crippen LogP contribution in [0.25, 0.3) is 55.0 Å². The minimum absolute atomic E-state index is 0.0262. The van der Waals surface area contributed by atoms with Crippen LogP contribution >= 0.6 is 0 Å². The first kappa shape index (κ1) is 22.2. The third kappa shape index (κ3) is 3.21. The van der Waals surface area contributed by atoms with Gasteiger partial charge in [0.1, 0.15) is 11.2 Å². The zero-order valence-corrected chi connectivity index (χ0v) is 22.0. The molecule has 0 unspecified atom stereocenters. The number of hydrogen-bond donors (Lipinski definition) is 1. The number of hydrogen-bond acceptors (Lipinski definition) is 2. The van der Waals surface area contributed by atoms with Crippen LogP contribution in [0, 0.1) is 0 Å². The summed E-state index contributed by atoms with van der Waals surface area (Å²) < 4.78 is 6.19. The van der Waals surface area contributed by atoms with Crippen LogP contribution in [0.3, 0.4) is 0 Å². The third-order valence-electron chi connectivity index (χ3n) is 8.48. The summed E-state index contributed by atoms with van der Waals surface area (Å²) in [7, 11) is 0. The zero-order chi connectivity index (χ0) is 26.1. The van der Waals surface area contributed by atoms with E-state index in [4.69, 9.17) is 4.42 Å². The smallest absolute Gasteiger partial charge is 0.136 e. The molecule has 1 heterocycles. The summed E-state index contributed by atoms with van der Waals surface area (Å²) in [4.78, 5) is 0. The van der Waals surface area contributed by atoms with E-state index in [0.29, 0.717) is 0 Å². The molecule has 0 fully saturated rings. The molecule has 0 saturated carbocycles. The minimum Gasteiger partial charge on any atom is -0.456 e. The lowest BCUT2D eigenvalue weighted by Crippen LogP contribution is -2.15. The van der Waals surface area contributed by atoms with E-state index in [1.807, 2.05) is 12.1 Å². The van der Waals surface area contributed by atoms with Gasteiger partial charge in [-0.1, -0.05) is 105 Å². The first-order chi connectivity index (χ1) is 19.1. The second kappa shape index (κ2) is 8.09. The average Bonchev–Trinajstić information content (AvgIpc) is 3.46. The Morgan fingerprint density at radius 1 is 0.513 bits per heavy atom. The fraction of sp³-hybridized carbons (Fsp3) is 0.0811. The van der Waals surface area contributed by atoms with E-state index in [1.165, 1.54) is 49.5 Å². The number of fused-ring (bicyclic) bond motifs is 7. The van der Waals surface area contributed by atoms with Gasteiger partial charge in [-0.25, -0.2) is 0 Å². The van der Waals surface area contributed by atoms with Crippen molar-refractivity contribution in [1.82, 2.24) is 0 Å². The Hall–Kier alpha value is -4.82. The van der Waals surface area contributed by atoms with Gasteiger partial charge in [0.2, 0.25) is 0 Å². The third-order valence-corrected chi connectivity index (χ3v) is 8.48. The van der Waals surface area contributed by atoms with E-state index in [9.17, 15) is 0 Å². The van der Waals surface area contributed by atoms with Gasteiger partial charge >= 0.3 is 0 Å². The van der Waals surface area contributed by atoms with Crippen LogP contribution in [-0.4, -0.2) is 0 Å². The summed E-state index contributed by atoms with van der Waals surface area (Å²) in [6, 6.07) is 43.4. The van der Waals surface area contributed by atoms with Gasteiger partial charge in [-0.2, -0.15) is 0 Å². The molecule has 0 amide bonds. The summed E-state index contributed by atoms with van der Waals surface area (Å²) in [6.45, 7) is 4.65. The Balaban J connectivity index is 1.26. The number of para-hydroxylation sites is 1. The highest BCUT2D eigenvalue weighted by Crippen LogP contribution is 2.49. The van der Waals surface area contributed by atoms with Gasteiger partial charge in [0.25, 0.3) is 0 Å². The summed E-state index contributed by atoms with van der Waals surface area (Å²) in [5.74, 6) is 0. The molecule has 6 aromatic carbocycles. The molecule has 0 spiro atoms. The van der Waals surface area contributed by atoms with Crippen LogP contribution in [0.4, 0.5) is 11.4 Å². The lowest BCUT2D eigenvalue weighted by Gasteiger charge is -2.22. The van der Waals surface area contributed by atoms with Crippen LogP contribution < -0.4 is 5.32 Å². The van der Waals surface area contributed by atoms with Gasteiger partial charge < -0.3 is 9.73 Å². The molecule has 1 aliphatic carbocycles. The number of anilines is 2. The molecule has 2 nitrogen and oxygen atoms in total. The van der Waals surface area contributed by atoms with Crippen molar-refractivity contribution < 1.29 is 4.42 Å². The van der Waals surface area contributed by atoms with Crippen LogP contribution in [0.15, 0.2) is 126 Å². The monoisotopic (exact) mass is 501 g/mol. The summed E-state index contributed by atoms with van der Waals surface area (Å²) in [5, 5.41) is 8.49. The van der Waals surface area contributed by atoms with Crippen LogP contribution in [0.1, 0.15) is 25.0 Å². The van der Waals surface area contributed by atoms with Gasteiger partial charge in [-0.05, 0) is 69.1 Å². The number of benzene rings is 6. The summed E-state index contributed by atoms with van der Waals surface area (Å²) >= 11 is 0. The first-order valence-electron chi connectivity index (χ1n) is 13.5. The Morgan fingerprint density at radius 2 is 1.18 bits per heavy atom. The molecule has 8 rings (SSSR count). The molecule has 1 aromatic heterocycles. The van der Waals surface area contributed by atoms with E-state index >= 15 is 0 Å². The molecule has 1 N–H and O–H groups in total. The number of rotatable bonds is 3. The van der Waals surface area contributed by atoms with Gasteiger partial charge in [-0.15, -0.1) is 0 Å². The molecule has 0 atom stereocenters. The van der Waals surface area contributed by atoms with Crippen molar-refractivity contribution >= 4 is 44.1 Å². The van der Waals surface area contributed by atoms with E-state index in [0.717, 1.165) is 27.9 Å². The predicted molar refractivity (Wildman–Crippen MR) is 164 cm³/mol. The van der Waals surface area contributed by atoms with Crippen molar-refractivity contribution in [2.24, 2.45) is 0 Å². The highest BCUT2D eigenvalue weighted by Gasteiger charge is 2.35. The molecule has 1 aliphatic rings. The first-order valence-corrected chi connectivity index (χ1v) is 13.5. The quantitative estimate of drug-likeness (QED) is 0.260. The van der Waals surface area contributed by atoms with Crippen molar-refractivity contribution in [1.29, 1.82) is 0 Å². The number of nitrogens with one attached hydrogen (secondary N) is 1. The van der Waals surface area contributed by atoms with Gasteiger partial charge in [-0.3, -0.25) is 0 Å². The fourth-order valence-corrected chi connectivity index (χ4v) is 6.58. The molecule has 0 saturated heterocycles. The maximum Gasteiger partial charge on any atom is 0.136 e. The molecular weight excluding hydrogens is 474 g/mol. The molecule has 0 radical (unpaired) electrons. The Labute approximate surface area is 227 Å². The second-order valence-corrected chi connectivity index (χ2v) is 11.0. The minimum atomic E-state index is -0.0262. The van der Waals surface area contributed by atoms with Crippen molar-refractivity contribution in [3.05, 3.63) is 132 Å². The fourth-order valence-electron chi connectivity index (χ4n) is 6.58. The van der Waals surface area contributed by atoms with E-state index < -0.39 is 0 Å². The average molecular weight is 502 g/mol. The van der Waals surface area contributed by atoms with E-state index in [2.05, 4.69) is 128 Å². The summed E-state index contributed by atoms with van der Waals surface area (Å²) in [5.41, 5.74) is 11.9. The Bertz CT molecular complexity index is 2080. The molecule has 2 heteroatoms. The van der Waals surface area contributed by atoms with Gasteiger partial charge in [0.05, 0.1) is 0 Å². The molecule has 39 heavy (non-hydrogen) atoms. The standard InChI is InChI=1S/C37H27NO/c1-37(2)31-15-7-5-11-26(31)27-19-18-23(22-32(27)37)38-33-21-20-25(24-10-3-4-12-28(24)33)29-14-9-17-35-36(29)30-13-6-8-16-34(30)39-35/h3-22,38H,1-2H3. The zero-order valence-electron chi connectivity index (χ0n) is 22.0.